The highest BCUT2D eigenvalue weighted by atomic mass is 16.1. The Balaban J connectivity index is 2.16. The van der Waals surface area contributed by atoms with Crippen LogP contribution in [-0.4, -0.2) is 11.5 Å². The van der Waals surface area contributed by atoms with Crippen LogP contribution in [0, 0.1) is 5.41 Å². The number of allylic oxidation sites excluding steroid dienone is 4. The lowest BCUT2D eigenvalue weighted by Gasteiger charge is -2.24. The van der Waals surface area contributed by atoms with Gasteiger partial charge in [0.15, 0.2) is 0 Å². The number of nitrogens with zero attached hydrogens (tertiary/aromatic N) is 1. The van der Waals surface area contributed by atoms with Crippen LogP contribution >= 0.6 is 0 Å². The second kappa shape index (κ2) is 4.52. The molecule has 1 aromatic carbocycles. The minimum atomic E-state index is -0.0431. The molecule has 2 heteroatoms. The highest BCUT2D eigenvalue weighted by molar-refractivity contribution is 6.62. The van der Waals surface area contributed by atoms with Crippen LogP contribution in [0.15, 0.2) is 40.9 Å². The number of carbonyl (C=O) groups excluding carboxylic acids is 1. The molecule has 0 atom stereocenters. The molecule has 1 aliphatic carbocycles. The van der Waals surface area contributed by atoms with Crippen LogP contribution in [-0.2, 0) is 10.2 Å². The van der Waals surface area contributed by atoms with E-state index in [0.29, 0.717) is 5.71 Å². The van der Waals surface area contributed by atoms with E-state index in [1.165, 1.54) is 5.56 Å². The van der Waals surface area contributed by atoms with Gasteiger partial charge < -0.3 is 0 Å². The van der Waals surface area contributed by atoms with Gasteiger partial charge in [0.2, 0.25) is 5.78 Å². The number of hydrogen-bond donors (Lipinski definition) is 0. The summed E-state index contributed by atoms with van der Waals surface area (Å²) in [6.07, 6.45) is 3.87. The molecule has 1 aliphatic heterocycles. The standard InChI is InChI=1S/C20H23NO/c1-19(2,3)12-7-8-16-14(9-12)15-10-13(20(4,5)6)11-17(22)18(15)21-16/h7-11H,1-6H3. The topological polar surface area (TPSA) is 29.4 Å². The summed E-state index contributed by atoms with van der Waals surface area (Å²) in [7, 11) is 0. The van der Waals surface area contributed by atoms with Gasteiger partial charge in [0, 0.05) is 11.1 Å². The van der Waals surface area contributed by atoms with E-state index in [-0.39, 0.29) is 16.6 Å². The SMILES string of the molecule is CC(C)(C)C1=CC(=O)C2=Nc3ccc(C(C)(C)C)cc3C2=C1. The molecular formula is C20H23NO. The summed E-state index contributed by atoms with van der Waals surface area (Å²) in [5.74, 6) is 0.0240. The van der Waals surface area contributed by atoms with Gasteiger partial charge in [-0.05, 0) is 46.3 Å². The maximum absolute atomic E-state index is 12.4. The van der Waals surface area contributed by atoms with E-state index < -0.39 is 0 Å². The van der Waals surface area contributed by atoms with Gasteiger partial charge in [0.1, 0.15) is 5.71 Å². The maximum Gasteiger partial charge on any atom is 0.205 e. The third-order valence-electron chi connectivity index (χ3n) is 4.33. The van der Waals surface area contributed by atoms with Gasteiger partial charge >= 0.3 is 0 Å². The monoisotopic (exact) mass is 293 g/mol. The van der Waals surface area contributed by atoms with Gasteiger partial charge in [-0.3, -0.25) is 4.79 Å². The highest BCUT2D eigenvalue weighted by Crippen LogP contribution is 2.42. The van der Waals surface area contributed by atoms with Crippen molar-refractivity contribution in [1.29, 1.82) is 0 Å². The van der Waals surface area contributed by atoms with Gasteiger partial charge in [-0.15, -0.1) is 0 Å². The third-order valence-corrected chi connectivity index (χ3v) is 4.33. The molecule has 2 aliphatic rings. The van der Waals surface area contributed by atoms with E-state index in [9.17, 15) is 4.79 Å². The smallest absolute Gasteiger partial charge is 0.205 e. The summed E-state index contributed by atoms with van der Waals surface area (Å²) in [5.41, 5.74) is 5.95. The number of benzene rings is 1. The summed E-state index contributed by atoms with van der Waals surface area (Å²) in [5, 5.41) is 0. The molecule has 3 rings (SSSR count). The molecule has 0 N–H and O–H groups in total. The first-order valence-electron chi connectivity index (χ1n) is 7.79. The lowest BCUT2D eigenvalue weighted by molar-refractivity contribution is -0.108. The molecule has 0 fully saturated rings. The van der Waals surface area contributed by atoms with Crippen molar-refractivity contribution in [3.05, 3.63) is 47.1 Å². The molecule has 0 radical (unpaired) electrons. The fourth-order valence-corrected chi connectivity index (χ4v) is 2.80. The molecule has 0 saturated heterocycles. The Morgan fingerprint density at radius 1 is 0.909 bits per heavy atom. The van der Waals surface area contributed by atoms with Gasteiger partial charge in [0.05, 0.1) is 5.69 Å². The van der Waals surface area contributed by atoms with Crippen LogP contribution in [0.2, 0.25) is 0 Å². The predicted molar refractivity (Wildman–Crippen MR) is 92.8 cm³/mol. The molecule has 0 saturated carbocycles. The van der Waals surface area contributed by atoms with E-state index in [1.807, 2.05) is 6.07 Å². The number of rotatable bonds is 0. The van der Waals surface area contributed by atoms with Crippen LogP contribution in [0.25, 0.3) is 5.57 Å². The molecule has 114 valence electrons. The second-order valence-electron chi connectivity index (χ2n) is 8.21. The zero-order chi connectivity index (χ0) is 16.3. The van der Waals surface area contributed by atoms with Crippen LogP contribution < -0.4 is 0 Å². The van der Waals surface area contributed by atoms with Crippen LogP contribution in [0.5, 0.6) is 0 Å². The first-order chi connectivity index (χ1) is 10.1. The summed E-state index contributed by atoms with van der Waals surface area (Å²) in [6.45, 7) is 13.0. The number of hydrogen-bond acceptors (Lipinski definition) is 2. The van der Waals surface area contributed by atoms with E-state index in [2.05, 4.69) is 64.7 Å². The van der Waals surface area contributed by atoms with Crippen LogP contribution in [0.3, 0.4) is 0 Å². The van der Waals surface area contributed by atoms with Gasteiger partial charge in [-0.1, -0.05) is 47.6 Å². The average Bonchev–Trinajstić information content (AvgIpc) is 2.75. The minimum absolute atomic E-state index is 0.0240. The van der Waals surface area contributed by atoms with Crippen molar-refractivity contribution in [2.24, 2.45) is 10.4 Å². The highest BCUT2D eigenvalue weighted by Gasteiger charge is 2.32. The Bertz CT molecular complexity index is 762. The molecule has 0 unspecified atom stereocenters. The number of aliphatic imine (C=N–C) groups is 1. The summed E-state index contributed by atoms with van der Waals surface area (Å²) >= 11 is 0. The Morgan fingerprint density at radius 2 is 1.59 bits per heavy atom. The number of ketones is 1. The van der Waals surface area contributed by atoms with Gasteiger partial charge in [-0.25, -0.2) is 4.99 Å². The van der Waals surface area contributed by atoms with Crippen molar-refractivity contribution in [2.45, 2.75) is 47.0 Å². The van der Waals surface area contributed by atoms with Crippen molar-refractivity contribution < 1.29 is 4.79 Å². The lowest BCUT2D eigenvalue weighted by Crippen LogP contribution is -2.20. The van der Waals surface area contributed by atoms with Gasteiger partial charge in [-0.2, -0.15) is 0 Å². The first-order valence-corrected chi connectivity index (χ1v) is 7.79. The predicted octanol–water partition coefficient (Wildman–Crippen LogP) is 5.01. The first kappa shape index (κ1) is 15.0. The molecule has 1 heterocycles. The third kappa shape index (κ3) is 2.37. The van der Waals surface area contributed by atoms with E-state index in [1.54, 1.807) is 6.08 Å². The van der Waals surface area contributed by atoms with Crippen molar-refractivity contribution in [3.63, 3.8) is 0 Å². The Morgan fingerprint density at radius 3 is 2.18 bits per heavy atom. The molecule has 22 heavy (non-hydrogen) atoms. The largest absolute Gasteiger partial charge is 0.288 e. The molecule has 0 bridgehead atoms. The fourth-order valence-electron chi connectivity index (χ4n) is 2.80. The number of carbonyl (C=O) groups is 1. The van der Waals surface area contributed by atoms with E-state index in [0.717, 1.165) is 22.4 Å². The zero-order valence-corrected chi connectivity index (χ0v) is 14.2. The van der Waals surface area contributed by atoms with Crippen LogP contribution in [0.4, 0.5) is 5.69 Å². The Kier molecular flexibility index (Phi) is 3.07. The molecule has 1 aromatic rings. The maximum atomic E-state index is 12.4. The van der Waals surface area contributed by atoms with Crippen LogP contribution in [0.1, 0.15) is 52.7 Å². The molecule has 2 nitrogen and oxygen atoms in total. The normalized spacial score (nSPS) is 17.5. The number of fused-ring (bicyclic) bond motifs is 3. The minimum Gasteiger partial charge on any atom is -0.288 e. The van der Waals surface area contributed by atoms with Crippen molar-refractivity contribution in [1.82, 2.24) is 0 Å². The van der Waals surface area contributed by atoms with Gasteiger partial charge in [0.25, 0.3) is 0 Å². The van der Waals surface area contributed by atoms with Crippen molar-refractivity contribution in [3.8, 4) is 0 Å². The van der Waals surface area contributed by atoms with Crippen molar-refractivity contribution >= 4 is 22.8 Å². The molecular weight excluding hydrogens is 270 g/mol. The fraction of sp³-hybridized carbons (Fsp3) is 0.400. The second-order valence-corrected chi connectivity index (χ2v) is 8.21. The summed E-state index contributed by atoms with van der Waals surface area (Å²) in [4.78, 5) is 17.0. The lowest BCUT2D eigenvalue weighted by atomic mass is 9.79. The summed E-state index contributed by atoms with van der Waals surface area (Å²) < 4.78 is 0. The Labute approximate surface area is 132 Å². The van der Waals surface area contributed by atoms with E-state index >= 15 is 0 Å². The van der Waals surface area contributed by atoms with Crippen molar-refractivity contribution in [2.75, 3.05) is 0 Å². The van der Waals surface area contributed by atoms with E-state index in [4.69, 9.17) is 0 Å². The average molecular weight is 293 g/mol. The molecule has 0 aromatic heterocycles. The Hall–Kier alpha value is -1.96. The zero-order valence-electron chi connectivity index (χ0n) is 14.2. The quantitative estimate of drug-likeness (QED) is 0.618. The summed E-state index contributed by atoms with van der Waals surface area (Å²) in [6, 6.07) is 6.34. The molecule has 0 spiro atoms. The molecule has 0 amide bonds.